The molecule has 1 aromatic heterocycles. The van der Waals surface area contributed by atoms with E-state index in [0.717, 1.165) is 11.9 Å². The molecule has 1 aliphatic heterocycles. The van der Waals surface area contributed by atoms with Crippen LogP contribution in [-0.4, -0.2) is 22.3 Å². The Morgan fingerprint density at radius 2 is 2.41 bits per heavy atom. The van der Waals surface area contributed by atoms with Gasteiger partial charge >= 0.3 is 0 Å². The summed E-state index contributed by atoms with van der Waals surface area (Å²) in [4.78, 5) is 8.08. The minimum Gasteiger partial charge on any atom is -0.331 e. The van der Waals surface area contributed by atoms with E-state index in [4.69, 9.17) is 11.6 Å². The third kappa shape index (κ3) is 2.82. The highest BCUT2D eigenvalue weighted by atomic mass is 35.5. The number of aryl methyl sites for hydroxylation is 1. The van der Waals surface area contributed by atoms with Gasteiger partial charge in [0.05, 0.1) is 12.7 Å². The van der Waals surface area contributed by atoms with Crippen LogP contribution in [0, 0.1) is 0 Å². The highest BCUT2D eigenvalue weighted by Crippen LogP contribution is 2.30. The number of nitrogens with zero attached hydrogens (tertiary/aromatic N) is 3. The van der Waals surface area contributed by atoms with Crippen molar-refractivity contribution in [2.45, 2.75) is 24.9 Å². The third-order valence-corrected chi connectivity index (χ3v) is 2.64. The summed E-state index contributed by atoms with van der Waals surface area (Å²) in [5.74, 6) is 0.769. The fourth-order valence-electron chi connectivity index (χ4n) is 1.55. The molecular weight excluding hydrogens is 250 g/mol. The van der Waals surface area contributed by atoms with Crippen LogP contribution in [0.5, 0.6) is 0 Å². The van der Waals surface area contributed by atoms with Gasteiger partial charge in [-0.05, 0) is 12.5 Å². The second kappa shape index (κ2) is 5.27. The van der Waals surface area contributed by atoms with E-state index in [1.807, 2.05) is 4.57 Å². The molecule has 2 rings (SSSR count). The molecule has 0 aromatic carbocycles. The summed E-state index contributed by atoms with van der Waals surface area (Å²) in [6, 6.07) is 0. The fourth-order valence-corrected chi connectivity index (χ4v) is 1.76. The molecule has 1 aromatic rings. The number of aliphatic imine (C=N–C) groups is 1. The molecule has 1 unspecified atom stereocenters. The first-order valence-electron chi connectivity index (χ1n) is 5.10. The van der Waals surface area contributed by atoms with E-state index >= 15 is 0 Å². The lowest BCUT2D eigenvalue weighted by atomic mass is 10.3. The van der Waals surface area contributed by atoms with Crippen LogP contribution in [0.3, 0.4) is 0 Å². The van der Waals surface area contributed by atoms with Crippen molar-refractivity contribution in [1.82, 2.24) is 9.55 Å². The standard InChI is InChI=1S/C10H11ClF2N4/c11-9-8-10(15-5-14-9)17(6-16-8)4-2-1-3-7(12)13/h1,3,5-7,9H,2,4H2,(H,14,15)/b3-1+. The zero-order chi connectivity index (χ0) is 12.3. The summed E-state index contributed by atoms with van der Waals surface area (Å²) in [5.41, 5.74) is 0.177. The minimum atomic E-state index is -2.40. The van der Waals surface area contributed by atoms with Gasteiger partial charge in [0, 0.05) is 6.54 Å². The van der Waals surface area contributed by atoms with Crippen LogP contribution < -0.4 is 5.32 Å². The Labute approximate surface area is 102 Å². The summed E-state index contributed by atoms with van der Waals surface area (Å²) >= 11 is 5.94. The van der Waals surface area contributed by atoms with E-state index < -0.39 is 11.9 Å². The number of rotatable bonds is 4. The number of anilines is 1. The van der Waals surface area contributed by atoms with Gasteiger partial charge in [-0.25, -0.2) is 18.8 Å². The highest BCUT2D eigenvalue weighted by Gasteiger charge is 2.19. The summed E-state index contributed by atoms with van der Waals surface area (Å²) in [6.45, 7) is 0.565. The molecule has 0 amide bonds. The SMILES string of the molecule is FC(F)/C=C/CCn1cnc2c1NC=NC2Cl. The van der Waals surface area contributed by atoms with Crippen molar-refractivity contribution < 1.29 is 8.78 Å². The van der Waals surface area contributed by atoms with Crippen molar-refractivity contribution in [1.29, 1.82) is 0 Å². The molecule has 0 fully saturated rings. The first-order chi connectivity index (χ1) is 8.18. The predicted octanol–water partition coefficient (Wildman–Crippen LogP) is 2.79. The maximum absolute atomic E-state index is 11.9. The summed E-state index contributed by atoms with van der Waals surface area (Å²) in [6.07, 6.45) is 3.57. The molecule has 0 aliphatic carbocycles. The topological polar surface area (TPSA) is 42.2 Å². The largest absolute Gasteiger partial charge is 0.331 e. The maximum atomic E-state index is 11.9. The predicted molar refractivity (Wildman–Crippen MR) is 62.7 cm³/mol. The van der Waals surface area contributed by atoms with Crippen LogP contribution in [0.4, 0.5) is 14.6 Å². The summed E-state index contributed by atoms with van der Waals surface area (Å²) in [7, 11) is 0. The molecule has 1 aliphatic rings. The molecule has 2 heterocycles. The van der Waals surface area contributed by atoms with Gasteiger partial charge < -0.3 is 9.88 Å². The maximum Gasteiger partial charge on any atom is 0.257 e. The average molecular weight is 261 g/mol. The molecule has 0 radical (unpaired) electrons. The van der Waals surface area contributed by atoms with E-state index in [1.165, 1.54) is 12.4 Å². The van der Waals surface area contributed by atoms with Gasteiger partial charge in [-0.2, -0.15) is 0 Å². The van der Waals surface area contributed by atoms with Gasteiger partial charge in [0.25, 0.3) is 6.43 Å². The first kappa shape index (κ1) is 12.0. The molecule has 0 bridgehead atoms. The molecule has 1 atom stereocenters. The van der Waals surface area contributed by atoms with Crippen LogP contribution in [0.2, 0.25) is 0 Å². The van der Waals surface area contributed by atoms with Crippen molar-refractivity contribution in [2.75, 3.05) is 5.32 Å². The summed E-state index contributed by atoms with van der Waals surface area (Å²) < 4.78 is 25.6. The van der Waals surface area contributed by atoms with Crippen LogP contribution in [0.1, 0.15) is 17.6 Å². The quantitative estimate of drug-likeness (QED) is 0.514. The Morgan fingerprint density at radius 3 is 3.18 bits per heavy atom. The number of hydrogen-bond donors (Lipinski definition) is 1. The van der Waals surface area contributed by atoms with Gasteiger partial charge in [0.1, 0.15) is 11.5 Å². The second-order valence-electron chi connectivity index (χ2n) is 3.48. The number of halogens is 3. The minimum absolute atomic E-state index is 0.482. The zero-order valence-corrected chi connectivity index (χ0v) is 9.61. The lowest BCUT2D eigenvalue weighted by Crippen LogP contribution is -2.11. The molecule has 92 valence electrons. The lowest BCUT2D eigenvalue weighted by molar-refractivity contribution is 0.204. The van der Waals surface area contributed by atoms with E-state index in [-0.39, 0.29) is 0 Å². The molecule has 4 nitrogen and oxygen atoms in total. The highest BCUT2D eigenvalue weighted by molar-refractivity contribution is 6.21. The smallest absolute Gasteiger partial charge is 0.257 e. The molecule has 7 heteroatoms. The summed E-state index contributed by atoms with van der Waals surface area (Å²) in [5, 5.41) is 2.94. The van der Waals surface area contributed by atoms with E-state index in [2.05, 4.69) is 15.3 Å². The number of allylic oxidation sites excluding steroid dienone is 2. The normalized spacial score (nSPS) is 18.7. The Bertz CT molecular complexity index is 442. The van der Waals surface area contributed by atoms with Gasteiger partial charge in [0.2, 0.25) is 0 Å². The Kier molecular flexibility index (Phi) is 3.73. The van der Waals surface area contributed by atoms with Crippen molar-refractivity contribution in [3.05, 3.63) is 24.2 Å². The van der Waals surface area contributed by atoms with Gasteiger partial charge in [-0.1, -0.05) is 17.7 Å². The van der Waals surface area contributed by atoms with E-state index in [9.17, 15) is 8.78 Å². The zero-order valence-electron chi connectivity index (χ0n) is 8.85. The van der Waals surface area contributed by atoms with Crippen molar-refractivity contribution in [2.24, 2.45) is 4.99 Å². The van der Waals surface area contributed by atoms with E-state index in [0.29, 0.717) is 18.7 Å². The first-order valence-corrected chi connectivity index (χ1v) is 5.54. The lowest BCUT2D eigenvalue weighted by Gasteiger charge is -2.13. The van der Waals surface area contributed by atoms with Crippen LogP contribution in [-0.2, 0) is 6.54 Å². The molecule has 17 heavy (non-hydrogen) atoms. The monoisotopic (exact) mass is 260 g/mol. The van der Waals surface area contributed by atoms with Gasteiger partial charge in [-0.15, -0.1) is 0 Å². The number of fused-ring (bicyclic) bond motifs is 1. The number of hydrogen-bond acceptors (Lipinski definition) is 3. The molecular formula is C10H11ClF2N4. The Morgan fingerprint density at radius 1 is 1.59 bits per heavy atom. The Balaban J connectivity index is 1.99. The van der Waals surface area contributed by atoms with Crippen molar-refractivity contribution in [3.8, 4) is 0 Å². The Hall–Kier alpha value is -1.43. The molecule has 0 saturated carbocycles. The van der Waals surface area contributed by atoms with Crippen molar-refractivity contribution in [3.63, 3.8) is 0 Å². The molecule has 1 N–H and O–H groups in total. The third-order valence-electron chi connectivity index (χ3n) is 2.32. The van der Waals surface area contributed by atoms with Crippen LogP contribution in [0.15, 0.2) is 23.5 Å². The van der Waals surface area contributed by atoms with Crippen molar-refractivity contribution >= 4 is 23.8 Å². The van der Waals surface area contributed by atoms with Gasteiger partial charge in [0.15, 0.2) is 5.50 Å². The molecule has 0 spiro atoms. The van der Waals surface area contributed by atoms with Gasteiger partial charge in [-0.3, -0.25) is 0 Å². The molecule has 0 saturated heterocycles. The van der Waals surface area contributed by atoms with Crippen LogP contribution >= 0.6 is 11.6 Å². The number of imidazole rings is 1. The van der Waals surface area contributed by atoms with E-state index in [1.54, 1.807) is 6.33 Å². The number of alkyl halides is 3. The number of aromatic nitrogens is 2. The average Bonchev–Trinajstić information content (AvgIpc) is 2.69. The second-order valence-corrected chi connectivity index (χ2v) is 3.89. The van der Waals surface area contributed by atoms with Crippen LogP contribution in [0.25, 0.3) is 0 Å². The number of nitrogens with one attached hydrogen (secondary N) is 1. The fraction of sp³-hybridized carbons (Fsp3) is 0.400.